The maximum Gasteiger partial charge on any atom is 0.410 e. The largest absolute Gasteiger partial charge is 0.469 e. The van der Waals surface area contributed by atoms with Crippen LogP contribution in [0.2, 0.25) is 0 Å². The highest BCUT2D eigenvalue weighted by Gasteiger charge is 2.34. The van der Waals surface area contributed by atoms with Crippen molar-refractivity contribution in [2.24, 2.45) is 11.7 Å². The molecule has 6 heteroatoms. The summed E-state index contributed by atoms with van der Waals surface area (Å²) >= 11 is 0. The van der Waals surface area contributed by atoms with Gasteiger partial charge < -0.3 is 20.1 Å². The van der Waals surface area contributed by atoms with Gasteiger partial charge in [-0.2, -0.15) is 0 Å². The van der Waals surface area contributed by atoms with Gasteiger partial charge in [-0.15, -0.1) is 0 Å². The zero-order valence-corrected chi connectivity index (χ0v) is 11.4. The molecule has 0 bridgehead atoms. The first-order valence-corrected chi connectivity index (χ1v) is 6.04. The molecule has 0 saturated carbocycles. The molecule has 1 heterocycles. The predicted octanol–water partition coefficient (Wildman–Crippen LogP) is 0.744. The van der Waals surface area contributed by atoms with Gasteiger partial charge in [-0.25, -0.2) is 4.79 Å². The highest BCUT2D eigenvalue weighted by molar-refractivity contribution is 5.75. The second-order valence-corrected chi connectivity index (χ2v) is 5.60. The Bertz CT molecular complexity index is 325. The summed E-state index contributed by atoms with van der Waals surface area (Å²) in [6, 6.07) is -0.227. The smallest absolute Gasteiger partial charge is 0.410 e. The van der Waals surface area contributed by atoms with Gasteiger partial charge in [0.1, 0.15) is 5.60 Å². The monoisotopic (exact) mass is 258 g/mol. The number of nitrogens with two attached hydrogens (primary N) is 1. The van der Waals surface area contributed by atoms with E-state index in [4.69, 9.17) is 15.2 Å². The average Bonchev–Trinajstić information content (AvgIpc) is 2.24. The van der Waals surface area contributed by atoms with E-state index < -0.39 is 11.7 Å². The molecule has 1 aliphatic rings. The van der Waals surface area contributed by atoms with E-state index >= 15 is 0 Å². The highest BCUT2D eigenvalue weighted by Crippen LogP contribution is 2.19. The number of likely N-dealkylation sites (tertiary alicyclic amines) is 1. The number of hydrogen-bond donors (Lipinski definition) is 1. The molecule has 0 aromatic carbocycles. The lowest BCUT2D eigenvalue weighted by Gasteiger charge is -2.35. The lowest BCUT2D eigenvalue weighted by atomic mass is 9.95. The Hall–Kier alpha value is -1.30. The van der Waals surface area contributed by atoms with Crippen molar-refractivity contribution in [3.8, 4) is 0 Å². The highest BCUT2D eigenvalue weighted by atomic mass is 16.6. The minimum absolute atomic E-state index is 0.227. The molecule has 2 N–H and O–H groups in total. The Kier molecular flexibility index (Phi) is 4.56. The van der Waals surface area contributed by atoms with Crippen molar-refractivity contribution in [3.63, 3.8) is 0 Å². The standard InChI is InChI=1S/C12H22N2O4/c1-12(2,3)18-11(16)14-6-8(10(15)17-4)5-9(13)7-14/h8-9H,5-7,13H2,1-4H3/t8?,9-/m1/s1. The molecule has 1 rings (SSSR count). The number of carbonyl (C=O) groups excluding carboxylic acids is 2. The Balaban J connectivity index is 2.66. The van der Waals surface area contributed by atoms with Crippen LogP contribution in [-0.4, -0.2) is 48.8 Å². The SMILES string of the molecule is COC(=O)C1C[C@@H](N)CN(C(=O)OC(C)(C)C)C1. The first-order valence-electron chi connectivity index (χ1n) is 6.04. The number of amides is 1. The molecular weight excluding hydrogens is 236 g/mol. The van der Waals surface area contributed by atoms with Crippen LogP contribution in [0.4, 0.5) is 4.79 Å². The molecule has 1 fully saturated rings. The number of carbonyl (C=O) groups is 2. The molecule has 1 aliphatic heterocycles. The van der Waals surface area contributed by atoms with Gasteiger partial charge in [0.25, 0.3) is 0 Å². The number of piperidine rings is 1. The van der Waals surface area contributed by atoms with Crippen molar-refractivity contribution in [1.29, 1.82) is 0 Å². The minimum atomic E-state index is -0.556. The van der Waals surface area contributed by atoms with E-state index in [0.717, 1.165) is 0 Å². The number of rotatable bonds is 1. The number of nitrogens with zero attached hydrogens (tertiary/aromatic N) is 1. The van der Waals surface area contributed by atoms with E-state index in [9.17, 15) is 9.59 Å². The van der Waals surface area contributed by atoms with Gasteiger partial charge in [-0.1, -0.05) is 0 Å². The molecule has 104 valence electrons. The molecule has 0 aliphatic carbocycles. The van der Waals surface area contributed by atoms with Crippen LogP contribution in [0, 0.1) is 5.92 Å². The summed E-state index contributed by atoms with van der Waals surface area (Å²) in [7, 11) is 1.33. The van der Waals surface area contributed by atoms with Crippen molar-refractivity contribution in [2.75, 3.05) is 20.2 Å². The van der Waals surface area contributed by atoms with Crippen LogP contribution in [0.25, 0.3) is 0 Å². The van der Waals surface area contributed by atoms with Gasteiger partial charge in [0, 0.05) is 19.1 Å². The molecule has 18 heavy (non-hydrogen) atoms. The van der Waals surface area contributed by atoms with Crippen LogP contribution < -0.4 is 5.73 Å². The summed E-state index contributed by atoms with van der Waals surface area (Å²) in [6.07, 6.45) is 0.0953. The van der Waals surface area contributed by atoms with Crippen LogP contribution in [0.15, 0.2) is 0 Å². The van der Waals surface area contributed by atoms with E-state index in [0.29, 0.717) is 19.5 Å². The van der Waals surface area contributed by atoms with Crippen molar-refractivity contribution in [3.05, 3.63) is 0 Å². The van der Waals surface area contributed by atoms with Crippen molar-refractivity contribution in [2.45, 2.75) is 38.8 Å². The van der Waals surface area contributed by atoms with Gasteiger partial charge >= 0.3 is 12.1 Å². The van der Waals surface area contributed by atoms with Crippen molar-refractivity contribution in [1.82, 2.24) is 4.90 Å². The summed E-state index contributed by atoms with van der Waals surface area (Å²) in [4.78, 5) is 24.9. The molecule has 0 aromatic rings. The van der Waals surface area contributed by atoms with Crippen LogP contribution in [0.3, 0.4) is 0 Å². The van der Waals surface area contributed by atoms with Crippen molar-refractivity contribution >= 4 is 12.1 Å². The molecular formula is C12H22N2O4. The summed E-state index contributed by atoms with van der Waals surface area (Å²) < 4.78 is 9.96. The lowest BCUT2D eigenvalue weighted by molar-refractivity contribution is -0.147. The fourth-order valence-electron chi connectivity index (χ4n) is 1.95. The number of hydrogen-bond acceptors (Lipinski definition) is 5. The Morgan fingerprint density at radius 1 is 1.28 bits per heavy atom. The Morgan fingerprint density at radius 3 is 2.39 bits per heavy atom. The van der Waals surface area contributed by atoms with E-state index in [-0.39, 0.29) is 17.9 Å². The van der Waals surface area contributed by atoms with Gasteiger partial charge in [0.15, 0.2) is 0 Å². The first kappa shape index (κ1) is 14.8. The van der Waals surface area contributed by atoms with Crippen molar-refractivity contribution < 1.29 is 19.1 Å². The Morgan fingerprint density at radius 2 is 1.89 bits per heavy atom. The minimum Gasteiger partial charge on any atom is -0.469 e. The van der Waals surface area contributed by atoms with E-state index in [1.165, 1.54) is 12.0 Å². The maximum absolute atomic E-state index is 11.9. The molecule has 1 unspecified atom stereocenters. The quantitative estimate of drug-likeness (QED) is 0.702. The summed E-state index contributed by atoms with van der Waals surface area (Å²) in [6.45, 7) is 6.10. The third-order valence-electron chi connectivity index (χ3n) is 2.67. The lowest BCUT2D eigenvalue weighted by Crippen LogP contribution is -2.52. The topological polar surface area (TPSA) is 81.9 Å². The normalized spacial score (nSPS) is 24.6. The molecule has 1 saturated heterocycles. The number of ether oxygens (including phenoxy) is 2. The molecule has 2 atom stereocenters. The second kappa shape index (κ2) is 5.56. The average molecular weight is 258 g/mol. The molecule has 6 nitrogen and oxygen atoms in total. The van der Waals surface area contributed by atoms with Crippen LogP contribution >= 0.6 is 0 Å². The number of esters is 1. The van der Waals surface area contributed by atoms with Crippen LogP contribution in [0.1, 0.15) is 27.2 Å². The van der Waals surface area contributed by atoms with Crippen LogP contribution in [0.5, 0.6) is 0 Å². The van der Waals surface area contributed by atoms with E-state index in [1.807, 2.05) is 0 Å². The molecule has 0 spiro atoms. The number of methoxy groups -OCH3 is 1. The predicted molar refractivity (Wildman–Crippen MR) is 65.9 cm³/mol. The Labute approximate surface area is 107 Å². The molecule has 0 radical (unpaired) electrons. The van der Waals surface area contributed by atoms with E-state index in [2.05, 4.69) is 0 Å². The van der Waals surface area contributed by atoms with E-state index in [1.54, 1.807) is 20.8 Å². The van der Waals surface area contributed by atoms with Gasteiger partial charge in [0.2, 0.25) is 0 Å². The maximum atomic E-state index is 11.9. The molecule has 0 aromatic heterocycles. The van der Waals surface area contributed by atoms with Gasteiger partial charge in [-0.3, -0.25) is 4.79 Å². The van der Waals surface area contributed by atoms with Crippen LogP contribution in [-0.2, 0) is 14.3 Å². The third-order valence-corrected chi connectivity index (χ3v) is 2.67. The fourth-order valence-corrected chi connectivity index (χ4v) is 1.95. The first-order chi connectivity index (χ1) is 8.23. The summed E-state index contributed by atoms with van der Waals surface area (Å²) in [5.74, 6) is -0.704. The second-order valence-electron chi connectivity index (χ2n) is 5.60. The summed E-state index contributed by atoms with van der Waals surface area (Å²) in [5, 5.41) is 0. The van der Waals surface area contributed by atoms with Gasteiger partial charge in [0.05, 0.1) is 13.0 Å². The molecule has 1 amide bonds. The zero-order valence-electron chi connectivity index (χ0n) is 11.4. The summed E-state index contributed by atoms with van der Waals surface area (Å²) in [5.41, 5.74) is 5.30. The third kappa shape index (κ3) is 4.18. The zero-order chi connectivity index (χ0) is 13.9. The van der Waals surface area contributed by atoms with Gasteiger partial charge in [-0.05, 0) is 27.2 Å². The fraction of sp³-hybridized carbons (Fsp3) is 0.833.